The number of benzene rings is 4. The lowest BCUT2D eigenvalue weighted by Crippen LogP contribution is -2.67. The lowest BCUT2D eigenvalue weighted by atomic mass is 10.0. The van der Waals surface area contributed by atoms with Gasteiger partial charge < -0.3 is 24.0 Å². The van der Waals surface area contributed by atoms with E-state index in [9.17, 15) is 22.8 Å². The molecule has 0 aliphatic carbocycles. The lowest BCUT2D eigenvalue weighted by molar-refractivity contribution is -0.119. The summed E-state index contributed by atoms with van der Waals surface area (Å²) in [5.74, 6) is -0.504. The van der Waals surface area contributed by atoms with Crippen LogP contribution >= 0.6 is 0 Å². The molecule has 0 aromatic heterocycles. The van der Waals surface area contributed by atoms with Crippen molar-refractivity contribution in [2.45, 2.75) is 126 Å². The van der Waals surface area contributed by atoms with Crippen LogP contribution in [0.2, 0.25) is 5.04 Å². The van der Waals surface area contributed by atoms with Crippen molar-refractivity contribution in [1.29, 1.82) is 0 Å². The van der Waals surface area contributed by atoms with Crippen molar-refractivity contribution < 1.29 is 41.4 Å². The number of amides is 2. The zero-order valence-electron chi connectivity index (χ0n) is 36.8. The van der Waals surface area contributed by atoms with Gasteiger partial charge in [-0.15, -0.1) is 0 Å². The number of carbonyl (C=O) groups is 3. The molecule has 1 unspecified atom stereocenters. The van der Waals surface area contributed by atoms with Crippen LogP contribution in [-0.2, 0) is 39.9 Å². The molecular weight excluding hydrogens is 809 g/mol. The van der Waals surface area contributed by atoms with Gasteiger partial charge in [0, 0.05) is 6.42 Å². The molecule has 0 saturated carbocycles. The molecule has 4 aromatic rings. The normalized spacial score (nSPS) is 16.7. The Balaban J connectivity index is 1.45. The minimum atomic E-state index is -4.21. The van der Waals surface area contributed by atoms with Crippen LogP contribution in [0, 0.1) is 0 Å². The van der Waals surface area contributed by atoms with Crippen molar-refractivity contribution in [3.8, 4) is 0 Å². The fraction of sp³-hybridized carbons (Fsp3) is 0.438. The minimum absolute atomic E-state index is 0.0133. The number of ketones is 1. The maximum Gasteiger partial charge on any atom is 0.412 e. The van der Waals surface area contributed by atoms with Crippen LogP contribution in [0.3, 0.4) is 0 Å². The number of nitrogens with zero attached hydrogens (tertiary/aromatic N) is 1. The topological polar surface area (TPSA) is 138 Å². The number of alkyl carbamates (subject to hydrolysis) is 1. The second-order valence-corrected chi connectivity index (χ2v) is 24.5. The number of hydrogen-bond acceptors (Lipinski definition) is 9. The van der Waals surface area contributed by atoms with Crippen LogP contribution < -0.4 is 15.7 Å². The number of hydrogen-bond donors (Lipinski definition) is 1. The highest BCUT2D eigenvalue weighted by Crippen LogP contribution is 2.37. The number of rotatable bonds is 17. The van der Waals surface area contributed by atoms with Crippen LogP contribution in [0.1, 0.15) is 86.6 Å². The molecule has 1 fully saturated rings. The van der Waals surface area contributed by atoms with E-state index in [1.807, 2.05) is 66.7 Å². The first-order valence-electron chi connectivity index (χ1n) is 20.9. The van der Waals surface area contributed by atoms with Gasteiger partial charge in [-0.3, -0.25) is 9.69 Å². The fourth-order valence-electron chi connectivity index (χ4n) is 7.98. The van der Waals surface area contributed by atoms with Crippen molar-refractivity contribution >= 4 is 46.5 Å². The Labute approximate surface area is 363 Å². The van der Waals surface area contributed by atoms with E-state index in [-0.39, 0.29) is 55.4 Å². The maximum atomic E-state index is 14.4. The van der Waals surface area contributed by atoms with Gasteiger partial charge in [-0.1, -0.05) is 130 Å². The average Bonchev–Trinajstić information content (AvgIpc) is 3.53. The molecule has 0 bridgehead atoms. The molecule has 1 aliphatic rings. The predicted molar refractivity (Wildman–Crippen MR) is 240 cm³/mol. The van der Waals surface area contributed by atoms with E-state index >= 15 is 0 Å². The van der Waals surface area contributed by atoms with Crippen LogP contribution in [0.15, 0.2) is 126 Å². The molecule has 1 heterocycles. The first-order valence-corrected chi connectivity index (χ1v) is 24.4. The van der Waals surface area contributed by atoms with Gasteiger partial charge in [0.25, 0.3) is 8.32 Å². The Kier molecular flexibility index (Phi) is 15.4. The second-order valence-electron chi connectivity index (χ2n) is 18.1. The first-order chi connectivity index (χ1) is 28.7. The Morgan fingerprint density at radius 2 is 1.33 bits per heavy atom. The zero-order chi connectivity index (χ0) is 44.5. The van der Waals surface area contributed by atoms with Crippen molar-refractivity contribution in [1.82, 2.24) is 10.2 Å². The molecule has 5 rings (SSSR count). The Bertz CT molecular complexity index is 2120. The first kappa shape index (κ1) is 47.2. The van der Waals surface area contributed by atoms with Gasteiger partial charge in [0.2, 0.25) is 0 Å². The van der Waals surface area contributed by atoms with Gasteiger partial charge >= 0.3 is 12.2 Å². The third-order valence-corrected chi connectivity index (χ3v) is 18.1. The van der Waals surface area contributed by atoms with E-state index in [0.717, 1.165) is 15.9 Å². The van der Waals surface area contributed by atoms with E-state index in [1.165, 1.54) is 17.0 Å². The average molecular weight is 871 g/mol. The van der Waals surface area contributed by atoms with Gasteiger partial charge in [0.05, 0.1) is 30.2 Å². The van der Waals surface area contributed by atoms with Crippen LogP contribution in [-0.4, -0.2) is 81.5 Å². The summed E-state index contributed by atoms with van der Waals surface area (Å²) in [5, 5.41) is 3.22. The monoisotopic (exact) mass is 870 g/mol. The van der Waals surface area contributed by atoms with Gasteiger partial charge in [0.1, 0.15) is 23.2 Å². The molecule has 1 aliphatic heterocycles. The highest BCUT2D eigenvalue weighted by Gasteiger charge is 2.51. The standard InChI is InChI=1S/C48H62N2O9SSi/c1-46(2,3)59-45(53)50-38(35-57-48(50,7)8)30-31-42(51)43(60(54,55)39-23-15-10-16-24-39)32-29-37(49-44(52)56-33-36-21-13-9-14-22-36)34-58-61(47(4,5)6,40-25-17-11-18-26-40)41-27-19-12-20-28-41/h9-28,37-38,43H,29-35H2,1-8H3,(H,49,52)/t37-,38-,43?/m0/s1. The summed E-state index contributed by atoms with van der Waals surface area (Å²) in [6.45, 7) is 15.5. The molecule has 0 radical (unpaired) electrons. The van der Waals surface area contributed by atoms with Crippen LogP contribution in [0.4, 0.5) is 9.59 Å². The molecule has 0 spiro atoms. The molecule has 3 atom stereocenters. The van der Waals surface area contributed by atoms with E-state index < -0.39 is 64.8 Å². The number of nitrogens with one attached hydrogen (secondary N) is 1. The van der Waals surface area contributed by atoms with E-state index in [0.29, 0.717) is 0 Å². The molecule has 4 aromatic carbocycles. The van der Waals surface area contributed by atoms with E-state index in [4.69, 9.17) is 18.6 Å². The number of carbonyl (C=O) groups excluding carboxylic acids is 3. The third kappa shape index (κ3) is 12.0. The summed E-state index contributed by atoms with van der Waals surface area (Å²) < 4.78 is 53.4. The van der Waals surface area contributed by atoms with Gasteiger partial charge in [-0.2, -0.15) is 0 Å². The molecule has 1 N–H and O–H groups in total. The number of sulfone groups is 1. The summed E-state index contributed by atoms with van der Waals surface area (Å²) in [6, 6.07) is 36.1. The largest absolute Gasteiger partial charge is 0.445 e. The molecule has 2 amide bonds. The SMILES string of the molecule is CC(C)(C)OC(=O)N1[C@@H](CCC(=O)C(CC[C@@H](CO[Si](c2ccccc2)(c2ccccc2)C(C)(C)C)NC(=O)OCc2ccccc2)S(=O)(=O)c2ccccc2)COC1(C)C. The maximum absolute atomic E-state index is 14.4. The van der Waals surface area contributed by atoms with Crippen molar-refractivity contribution in [2.75, 3.05) is 13.2 Å². The Morgan fingerprint density at radius 1 is 0.803 bits per heavy atom. The summed E-state index contributed by atoms with van der Waals surface area (Å²) in [6.07, 6.45) is -1.30. The van der Waals surface area contributed by atoms with E-state index in [2.05, 4.69) is 50.4 Å². The van der Waals surface area contributed by atoms with Crippen LogP contribution in [0.25, 0.3) is 0 Å². The number of ether oxygens (including phenoxy) is 3. The van der Waals surface area contributed by atoms with Crippen LogP contribution in [0.5, 0.6) is 0 Å². The molecule has 1 saturated heterocycles. The second kappa shape index (κ2) is 19.9. The highest BCUT2D eigenvalue weighted by atomic mass is 32.2. The Hall–Kier alpha value is -4.82. The fourth-order valence-corrected chi connectivity index (χ4v) is 14.4. The number of Topliss-reactive ketones (excluding diaryl/α,β-unsaturated/α-hetero) is 1. The quantitative estimate of drug-likeness (QED) is 0.104. The van der Waals surface area contributed by atoms with E-state index in [1.54, 1.807) is 52.8 Å². The molecule has 13 heteroatoms. The lowest BCUT2D eigenvalue weighted by Gasteiger charge is -2.43. The Morgan fingerprint density at radius 3 is 1.85 bits per heavy atom. The zero-order valence-corrected chi connectivity index (χ0v) is 38.6. The van der Waals surface area contributed by atoms with Gasteiger partial charge in [-0.05, 0) is 87.0 Å². The highest BCUT2D eigenvalue weighted by molar-refractivity contribution is 7.92. The molecule has 61 heavy (non-hydrogen) atoms. The minimum Gasteiger partial charge on any atom is -0.445 e. The summed E-state index contributed by atoms with van der Waals surface area (Å²) in [7, 11) is -7.31. The van der Waals surface area contributed by atoms with Crippen molar-refractivity contribution in [3.05, 3.63) is 127 Å². The molecule has 11 nitrogen and oxygen atoms in total. The predicted octanol–water partition coefficient (Wildman–Crippen LogP) is 8.20. The smallest absolute Gasteiger partial charge is 0.412 e. The summed E-state index contributed by atoms with van der Waals surface area (Å²) in [5.41, 5.74) is -0.951. The van der Waals surface area contributed by atoms with Crippen molar-refractivity contribution in [3.63, 3.8) is 0 Å². The van der Waals surface area contributed by atoms with Gasteiger partial charge in [0.15, 0.2) is 15.6 Å². The molecule has 328 valence electrons. The third-order valence-electron chi connectivity index (χ3n) is 10.9. The molecular formula is C48H62N2O9SSi. The summed E-state index contributed by atoms with van der Waals surface area (Å²) >= 11 is 0. The summed E-state index contributed by atoms with van der Waals surface area (Å²) in [4.78, 5) is 42.8. The van der Waals surface area contributed by atoms with Crippen molar-refractivity contribution in [2.24, 2.45) is 0 Å². The van der Waals surface area contributed by atoms with Gasteiger partial charge in [-0.25, -0.2) is 18.0 Å².